The molecule has 0 aliphatic carbocycles. The summed E-state index contributed by atoms with van der Waals surface area (Å²) in [4.78, 5) is 25.2. The van der Waals surface area contributed by atoms with Crippen molar-refractivity contribution < 1.29 is 22.7 Å². The summed E-state index contributed by atoms with van der Waals surface area (Å²) in [5.74, 6) is -0.349. The number of rotatable bonds is 12. The zero-order valence-corrected chi connectivity index (χ0v) is 25.0. The van der Waals surface area contributed by atoms with Gasteiger partial charge >= 0.3 is 0 Å². The highest BCUT2D eigenvalue weighted by molar-refractivity contribution is 7.92. The fraction of sp³-hybridized carbons (Fsp3) is 0.182. The third-order valence-electron chi connectivity index (χ3n) is 6.44. The molecule has 1 atom stereocenters. The predicted octanol–water partition coefficient (Wildman–Crippen LogP) is 4.91. The molecule has 0 bridgehead atoms. The zero-order chi connectivity index (χ0) is 30.8. The quantitative estimate of drug-likeness (QED) is 0.178. The monoisotopic (exact) mass is 598 g/mol. The molecule has 10 heteroatoms. The van der Waals surface area contributed by atoms with Crippen LogP contribution in [0.25, 0.3) is 0 Å². The molecule has 4 aromatic carbocycles. The average Bonchev–Trinajstić information content (AvgIpc) is 2.99. The van der Waals surface area contributed by atoms with E-state index in [-0.39, 0.29) is 23.5 Å². The van der Waals surface area contributed by atoms with Crippen molar-refractivity contribution in [3.05, 3.63) is 125 Å². The van der Waals surface area contributed by atoms with Gasteiger partial charge in [0.25, 0.3) is 21.8 Å². The van der Waals surface area contributed by atoms with Gasteiger partial charge in [-0.15, -0.1) is 0 Å². The highest BCUT2D eigenvalue weighted by atomic mass is 32.2. The Bertz CT molecular complexity index is 1660. The number of anilines is 1. The normalized spacial score (nSPS) is 12.0. The molecule has 222 valence electrons. The van der Waals surface area contributed by atoms with Crippen LogP contribution in [-0.4, -0.2) is 39.6 Å². The van der Waals surface area contributed by atoms with Gasteiger partial charge in [-0.05, 0) is 91.6 Å². The predicted molar refractivity (Wildman–Crippen MR) is 168 cm³/mol. The van der Waals surface area contributed by atoms with Crippen LogP contribution in [0.4, 0.5) is 5.69 Å². The first-order valence-electron chi connectivity index (χ1n) is 13.7. The van der Waals surface area contributed by atoms with Gasteiger partial charge in [0.1, 0.15) is 12.3 Å². The van der Waals surface area contributed by atoms with Crippen LogP contribution in [0.3, 0.4) is 0 Å². The van der Waals surface area contributed by atoms with E-state index in [2.05, 4.69) is 15.8 Å². The number of nitrogens with one attached hydrogen (secondary N) is 2. The molecule has 9 nitrogen and oxygen atoms in total. The summed E-state index contributed by atoms with van der Waals surface area (Å²) in [7, 11) is -4.02. The van der Waals surface area contributed by atoms with E-state index in [1.807, 2.05) is 57.2 Å². The average molecular weight is 599 g/mol. The number of benzene rings is 4. The minimum Gasteiger partial charge on any atom is -0.484 e. The van der Waals surface area contributed by atoms with Crippen LogP contribution in [-0.2, 0) is 19.6 Å². The number of hydrogen-bond acceptors (Lipinski definition) is 6. The van der Waals surface area contributed by atoms with Crippen LogP contribution in [0.5, 0.6) is 5.75 Å². The van der Waals surface area contributed by atoms with E-state index in [1.165, 1.54) is 18.3 Å². The van der Waals surface area contributed by atoms with E-state index in [9.17, 15) is 18.0 Å². The Labute approximate surface area is 252 Å². The number of hydrazone groups is 1. The van der Waals surface area contributed by atoms with Gasteiger partial charge in [-0.2, -0.15) is 5.10 Å². The third kappa shape index (κ3) is 8.76. The van der Waals surface area contributed by atoms with Crippen LogP contribution in [0.15, 0.2) is 113 Å². The topological polar surface area (TPSA) is 117 Å². The van der Waals surface area contributed by atoms with Gasteiger partial charge in [0.05, 0.1) is 22.8 Å². The SMILES string of the molecule is Cc1cc(C)cc(N(CC(=O)N/N=C\c2ccc(OCC(=O)N[C@H](C)c3ccccc3)cc2)S(=O)(=O)c2ccccc2)c1. The first kappa shape index (κ1) is 31.0. The van der Waals surface area contributed by atoms with Gasteiger partial charge in [-0.1, -0.05) is 54.6 Å². The van der Waals surface area contributed by atoms with Crippen molar-refractivity contribution in [1.82, 2.24) is 10.7 Å². The van der Waals surface area contributed by atoms with Crippen LogP contribution in [0, 0.1) is 13.8 Å². The summed E-state index contributed by atoms with van der Waals surface area (Å²) in [6.45, 7) is 5.04. The number of sulfonamides is 1. The van der Waals surface area contributed by atoms with Gasteiger partial charge in [-0.25, -0.2) is 13.8 Å². The van der Waals surface area contributed by atoms with E-state index in [4.69, 9.17) is 4.74 Å². The molecule has 0 fully saturated rings. The molecule has 2 amide bonds. The van der Waals surface area contributed by atoms with Gasteiger partial charge < -0.3 is 10.1 Å². The molecule has 0 saturated carbocycles. The van der Waals surface area contributed by atoms with E-state index in [0.717, 1.165) is 21.0 Å². The number of aryl methyl sites for hydroxylation is 2. The van der Waals surface area contributed by atoms with Crippen molar-refractivity contribution in [2.24, 2.45) is 5.10 Å². The summed E-state index contributed by atoms with van der Waals surface area (Å²) >= 11 is 0. The number of nitrogens with zero attached hydrogens (tertiary/aromatic N) is 2. The third-order valence-corrected chi connectivity index (χ3v) is 8.23. The van der Waals surface area contributed by atoms with Crippen LogP contribution in [0.1, 0.15) is 35.2 Å². The zero-order valence-electron chi connectivity index (χ0n) is 24.2. The van der Waals surface area contributed by atoms with E-state index in [1.54, 1.807) is 54.6 Å². The summed E-state index contributed by atoms with van der Waals surface area (Å²) in [5.41, 5.74) is 6.21. The lowest BCUT2D eigenvalue weighted by atomic mass is 10.1. The number of hydrogen-bond donors (Lipinski definition) is 2. The molecule has 0 heterocycles. The molecule has 43 heavy (non-hydrogen) atoms. The Morgan fingerprint density at radius 2 is 1.47 bits per heavy atom. The summed E-state index contributed by atoms with van der Waals surface area (Å²) < 4.78 is 33.7. The van der Waals surface area contributed by atoms with Crippen molar-refractivity contribution in [1.29, 1.82) is 0 Å². The fourth-order valence-corrected chi connectivity index (χ4v) is 5.81. The van der Waals surface area contributed by atoms with Gasteiger partial charge in [0.2, 0.25) is 0 Å². The molecule has 0 saturated heterocycles. The Morgan fingerprint density at radius 1 is 0.860 bits per heavy atom. The number of amides is 2. The molecule has 0 aromatic heterocycles. The second-order valence-corrected chi connectivity index (χ2v) is 11.9. The first-order chi connectivity index (χ1) is 20.6. The summed E-state index contributed by atoms with van der Waals surface area (Å²) in [6.07, 6.45) is 1.43. The van der Waals surface area contributed by atoms with Crippen molar-refractivity contribution >= 4 is 33.7 Å². The lowest BCUT2D eigenvalue weighted by Crippen LogP contribution is -2.39. The van der Waals surface area contributed by atoms with Crippen molar-refractivity contribution in [2.75, 3.05) is 17.5 Å². The maximum atomic E-state index is 13.5. The Hall–Kier alpha value is -4.96. The molecule has 0 radical (unpaired) electrons. The highest BCUT2D eigenvalue weighted by Crippen LogP contribution is 2.25. The summed E-state index contributed by atoms with van der Waals surface area (Å²) in [6, 6.07) is 29.7. The van der Waals surface area contributed by atoms with Crippen LogP contribution >= 0.6 is 0 Å². The standard InChI is InChI=1S/C33H34N4O5S/c1-24-18-25(2)20-29(19-24)37(43(40,41)31-12-8-5-9-13-31)22-32(38)36-34-21-27-14-16-30(17-15-27)42-23-33(39)35-26(3)28-10-6-4-7-11-28/h4-21,26H,22-23H2,1-3H3,(H,35,39)(H,36,38)/b34-21-/t26-/m1/s1. The van der Waals surface area contributed by atoms with Crippen LogP contribution < -0.4 is 19.8 Å². The second kappa shape index (κ2) is 14.3. The molecule has 2 N–H and O–H groups in total. The summed E-state index contributed by atoms with van der Waals surface area (Å²) in [5, 5.41) is 6.89. The van der Waals surface area contributed by atoms with Crippen molar-refractivity contribution in [3.8, 4) is 5.75 Å². The van der Waals surface area contributed by atoms with Crippen LogP contribution in [0.2, 0.25) is 0 Å². The molecule has 4 aromatic rings. The second-order valence-electron chi connectivity index (χ2n) is 10.0. The molecule has 0 aliphatic heterocycles. The minimum atomic E-state index is -4.02. The molecular weight excluding hydrogens is 564 g/mol. The minimum absolute atomic E-state index is 0.0796. The van der Waals surface area contributed by atoms with E-state index >= 15 is 0 Å². The molecular formula is C33H34N4O5S. The highest BCUT2D eigenvalue weighted by Gasteiger charge is 2.27. The van der Waals surface area contributed by atoms with Gasteiger partial charge in [0, 0.05) is 0 Å². The fourth-order valence-electron chi connectivity index (χ4n) is 4.38. The lowest BCUT2D eigenvalue weighted by molar-refractivity contribution is -0.123. The largest absolute Gasteiger partial charge is 0.484 e. The van der Waals surface area contributed by atoms with Crippen molar-refractivity contribution in [3.63, 3.8) is 0 Å². The molecule has 0 unspecified atom stereocenters. The smallest absolute Gasteiger partial charge is 0.264 e. The Kier molecular flexibility index (Phi) is 10.3. The van der Waals surface area contributed by atoms with Gasteiger partial charge in [-0.3, -0.25) is 13.9 Å². The molecule has 0 spiro atoms. The maximum absolute atomic E-state index is 13.5. The van der Waals surface area contributed by atoms with Gasteiger partial charge in [0.15, 0.2) is 6.61 Å². The number of carbonyl (C=O) groups excluding carboxylic acids is 2. The maximum Gasteiger partial charge on any atom is 0.264 e. The molecule has 0 aliphatic rings. The first-order valence-corrected chi connectivity index (χ1v) is 15.1. The van der Waals surface area contributed by atoms with E-state index < -0.39 is 22.5 Å². The lowest BCUT2D eigenvalue weighted by Gasteiger charge is -2.24. The Balaban J connectivity index is 1.34. The number of ether oxygens (including phenoxy) is 1. The molecule has 4 rings (SSSR count). The Morgan fingerprint density at radius 3 is 2.09 bits per heavy atom. The van der Waals surface area contributed by atoms with E-state index in [0.29, 0.717) is 17.0 Å². The van der Waals surface area contributed by atoms with Crippen molar-refractivity contribution in [2.45, 2.75) is 31.7 Å². The number of carbonyl (C=O) groups is 2.